The molecule has 17 atom stereocenters. The van der Waals surface area contributed by atoms with Crippen LogP contribution in [0.2, 0.25) is 0 Å². The van der Waals surface area contributed by atoms with Crippen LogP contribution >= 0.6 is 0 Å². The van der Waals surface area contributed by atoms with Crippen LogP contribution < -0.4 is 5.32 Å². The molecule has 0 aromatic rings. The first kappa shape index (κ1) is 96.0. The fraction of sp³-hybridized carbons (Fsp3) is 0.988. The molecular formula is C84H163NO18. The molecule has 3 aliphatic heterocycles. The van der Waals surface area contributed by atoms with Crippen molar-refractivity contribution in [2.75, 3.05) is 26.4 Å². The third kappa shape index (κ3) is 45.0. The molecule has 0 aliphatic carbocycles. The number of amides is 1. The third-order valence-electron chi connectivity index (χ3n) is 22.4. The highest BCUT2D eigenvalue weighted by Gasteiger charge is 2.54. The molecule has 612 valence electrons. The molecule has 3 aliphatic rings. The normalized spacial score (nSPS) is 25.9. The first-order chi connectivity index (χ1) is 50.3. The Morgan fingerprint density at radius 3 is 0.845 bits per heavy atom. The largest absolute Gasteiger partial charge is 0.394 e. The quantitative estimate of drug-likeness (QED) is 0.0252. The zero-order valence-corrected chi connectivity index (χ0v) is 65.8. The lowest BCUT2D eigenvalue weighted by atomic mass is 9.96. The van der Waals surface area contributed by atoms with Crippen molar-refractivity contribution < 1.29 is 89.4 Å². The molecule has 3 heterocycles. The van der Waals surface area contributed by atoms with Gasteiger partial charge in [0.1, 0.15) is 73.2 Å². The molecule has 19 nitrogen and oxygen atoms in total. The summed E-state index contributed by atoms with van der Waals surface area (Å²) < 4.78 is 34.6. The predicted octanol–water partition coefficient (Wildman–Crippen LogP) is 15.7. The predicted molar refractivity (Wildman–Crippen MR) is 411 cm³/mol. The number of nitrogens with one attached hydrogen (secondary N) is 1. The molecule has 19 heteroatoms. The van der Waals surface area contributed by atoms with Crippen molar-refractivity contribution in [1.82, 2.24) is 5.32 Å². The number of aliphatic hydroxyl groups excluding tert-OH is 11. The van der Waals surface area contributed by atoms with Crippen LogP contribution in [0.15, 0.2) is 0 Å². The molecule has 103 heavy (non-hydrogen) atoms. The maximum absolute atomic E-state index is 13.5. The molecule has 3 saturated heterocycles. The number of ether oxygens (including phenoxy) is 6. The molecule has 3 fully saturated rings. The van der Waals surface area contributed by atoms with Crippen molar-refractivity contribution in [3.8, 4) is 0 Å². The summed E-state index contributed by atoms with van der Waals surface area (Å²) >= 11 is 0. The average Bonchev–Trinajstić information content (AvgIpc) is 0.781. The molecule has 0 radical (unpaired) electrons. The molecule has 0 aromatic heterocycles. The summed E-state index contributed by atoms with van der Waals surface area (Å²) in [6.45, 7) is 1.89. The highest BCUT2D eigenvalue weighted by Crippen LogP contribution is 2.34. The summed E-state index contributed by atoms with van der Waals surface area (Å²) in [5, 5.41) is 121. The van der Waals surface area contributed by atoms with Crippen molar-refractivity contribution in [3.05, 3.63) is 0 Å². The fourth-order valence-electron chi connectivity index (χ4n) is 15.4. The third-order valence-corrected chi connectivity index (χ3v) is 22.4. The minimum Gasteiger partial charge on any atom is -0.394 e. The van der Waals surface area contributed by atoms with E-state index in [1.54, 1.807) is 0 Å². The van der Waals surface area contributed by atoms with Gasteiger partial charge in [-0.15, -0.1) is 0 Å². The van der Waals surface area contributed by atoms with Gasteiger partial charge in [-0.3, -0.25) is 4.79 Å². The van der Waals surface area contributed by atoms with Gasteiger partial charge in [0.25, 0.3) is 0 Å². The van der Waals surface area contributed by atoms with Crippen LogP contribution in [0.3, 0.4) is 0 Å². The van der Waals surface area contributed by atoms with Crippen LogP contribution in [0.5, 0.6) is 0 Å². The Labute approximate surface area is 627 Å². The maximum Gasteiger partial charge on any atom is 0.220 e. The number of unbranched alkanes of at least 4 members (excludes halogenated alkanes) is 56. The van der Waals surface area contributed by atoms with Gasteiger partial charge < -0.3 is 89.9 Å². The van der Waals surface area contributed by atoms with E-state index in [4.69, 9.17) is 28.4 Å². The van der Waals surface area contributed by atoms with E-state index in [9.17, 15) is 61.0 Å². The maximum atomic E-state index is 13.5. The second kappa shape index (κ2) is 65.5. The topological polar surface area (TPSA) is 307 Å². The van der Waals surface area contributed by atoms with Gasteiger partial charge in [0.05, 0.1) is 38.6 Å². The summed E-state index contributed by atoms with van der Waals surface area (Å²) in [6.07, 6.45) is 50.7. The summed E-state index contributed by atoms with van der Waals surface area (Å²) in [5.41, 5.74) is 0. The van der Waals surface area contributed by atoms with E-state index in [0.29, 0.717) is 12.8 Å². The summed E-state index contributed by atoms with van der Waals surface area (Å²) in [5.74, 6) is -0.231. The Bertz CT molecular complexity index is 1860. The minimum absolute atomic E-state index is 0.231. The highest BCUT2D eigenvalue weighted by atomic mass is 16.8. The smallest absolute Gasteiger partial charge is 0.220 e. The number of carbonyl (C=O) groups is 1. The zero-order valence-electron chi connectivity index (χ0n) is 65.8. The molecule has 0 bridgehead atoms. The fourth-order valence-corrected chi connectivity index (χ4v) is 15.4. The highest BCUT2D eigenvalue weighted by molar-refractivity contribution is 5.76. The van der Waals surface area contributed by atoms with Crippen LogP contribution in [0.25, 0.3) is 0 Å². The van der Waals surface area contributed by atoms with Crippen LogP contribution in [0.1, 0.15) is 399 Å². The van der Waals surface area contributed by atoms with Crippen LogP contribution in [0, 0.1) is 0 Å². The Kier molecular flexibility index (Phi) is 61.0. The average molecular weight is 1480 g/mol. The molecule has 1 amide bonds. The Morgan fingerprint density at radius 2 is 0.553 bits per heavy atom. The van der Waals surface area contributed by atoms with E-state index in [2.05, 4.69) is 19.2 Å². The van der Waals surface area contributed by atoms with E-state index in [1.807, 2.05) is 0 Å². The lowest BCUT2D eigenvalue weighted by Gasteiger charge is -2.48. The van der Waals surface area contributed by atoms with Crippen LogP contribution in [-0.2, 0) is 33.2 Å². The molecule has 17 unspecified atom stereocenters. The molecule has 0 aromatic carbocycles. The van der Waals surface area contributed by atoms with Gasteiger partial charge in [0.2, 0.25) is 5.91 Å². The van der Waals surface area contributed by atoms with Crippen LogP contribution in [-0.4, -0.2) is 193 Å². The van der Waals surface area contributed by atoms with Crippen LogP contribution in [0.4, 0.5) is 0 Å². The minimum atomic E-state index is -1.97. The second-order valence-electron chi connectivity index (χ2n) is 31.7. The molecular weight excluding hydrogens is 1310 g/mol. The molecule has 0 saturated carbocycles. The van der Waals surface area contributed by atoms with E-state index >= 15 is 0 Å². The molecule has 3 rings (SSSR count). The lowest BCUT2D eigenvalue weighted by Crippen LogP contribution is -2.66. The Morgan fingerprint density at radius 1 is 0.311 bits per heavy atom. The van der Waals surface area contributed by atoms with Crippen molar-refractivity contribution in [2.45, 2.75) is 503 Å². The number of rotatable bonds is 72. The van der Waals surface area contributed by atoms with Crippen molar-refractivity contribution in [3.63, 3.8) is 0 Å². The van der Waals surface area contributed by atoms with Gasteiger partial charge in [-0.25, -0.2) is 0 Å². The second-order valence-corrected chi connectivity index (χ2v) is 31.7. The SMILES string of the molecule is CCCCCCCCCCCCCCCCCCCCCCCCCCCCCCCCCCCC(O)C(COC1OC(CO)C(OC2OC(CO)C(OC3OC(CO)C(O)C(O)C3O)C(O)C2O)C(O)C1O)NC(=O)CCCCCCCCCCCCCCCCCCCCCCCCCCC. The number of hydrogen-bond acceptors (Lipinski definition) is 18. The first-order valence-corrected chi connectivity index (χ1v) is 43.8. The van der Waals surface area contributed by atoms with Crippen molar-refractivity contribution in [1.29, 1.82) is 0 Å². The van der Waals surface area contributed by atoms with Gasteiger partial charge in [0.15, 0.2) is 18.9 Å². The van der Waals surface area contributed by atoms with E-state index in [1.165, 1.54) is 321 Å². The number of hydrogen-bond donors (Lipinski definition) is 12. The summed E-state index contributed by atoms with van der Waals surface area (Å²) in [6, 6.07) is -0.884. The molecule has 0 spiro atoms. The van der Waals surface area contributed by atoms with Gasteiger partial charge in [-0.1, -0.05) is 380 Å². The van der Waals surface area contributed by atoms with E-state index in [-0.39, 0.29) is 18.9 Å². The monoisotopic (exact) mass is 1470 g/mol. The van der Waals surface area contributed by atoms with Crippen molar-refractivity contribution >= 4 is 5.91 Å². The summed E-state index contributed by atoms with van der Waals surface area (Å²) in [7, 11) is 0. The summed E-state index contributed by atoms with van der Waals surface area (Å²) in [4.78, 5) is 13.5. The van der Waals surface area contributed by atoms with Gasteiger partial charge in [0, 0.05) is 6.42 Å². The standard InChI is InChI=1S/C84H163NO18/c1-3-5-7-9-11-13-15-17-19-21-23-25-27-29-30-31-32-33-34-35-36-38-39-41-43-45-47-49-51-53-55-57-59-61-68(89)67(85-72(90)62-60-58-56-54-52-50-48-46-44-42-40-37-28-26-24-22-20-18-16-14-12-10-8-6-4-2)66-98-82-78(96)75(93)80(70(64-87)100-82)103-84-79(97)76(94)81(71(65-88)101-84)102-83-77(95)74(92)73(91)69(63-86)99-83/h67-71,73-84,86-89,91-97H,3-66H2,1-2H3,(H,85,90). The number of carbonyl (C=O) groups excluding carboxylic acids is 1. The van der Waals surface area contributed by atoms with E-state index < -0.39 is 124 Å². The first-order valence-electron chi connectivity index (χ1n) is 43.8. The zero-order chi connectivity index (χ0) is 74.6. The Hall–Kier alpha value is -1.21. The molecule has 12 N–H and O–H groups in total. The number of aliphatic hydroxyl groups is 11. The van der Waals surface area contributed by atoms with Gasteiger partial charge >= 0.3 is 0 Å². The lowest BCUT2D eigenvalue weighted by molar-refractivity contribution is -0.379. The van der Waals surface area contributed by atoms with E-state index in [0.717, 1.165) is 44.9 Å². The Balaban J connectivity index is 1.33. The van der Waals surface area contributed by atoms with Crippen molar-refractivity contribution in [2.24, 2.45) is 0 Å². The van der Waals surface area contributed by atoms with Gasteiger partial charge in [-0.2, -0.15) is 0 Å². The van der Waals surface area contributed by atoms with Gasteiger partial charge in [-0.05, 0) is 12.8 Å².